The number of hydrogen-bond acceptors (Lipinski definition) is 4. The summed E-state index contributed by atoms with van der Waals surface area (Å²) >= 11 is 0. The van der Waals surface area contributed by atoms with Gasteiger partial charge in [-0.1, -0.05) is 6.07 Å². The van der Waals surface area contributed by atoms with E-state index in [1.54, 1.807) is 19.1 Å². The summed E-state index contributed by atoms with van der Waals surface area (Å²) in [5.74, 6) is 4.53. The average molecular weight is 260 g/mol. The summed E-state index contributed by atoms with van der Waals surface area (Å²) in [6, 6.07) is 7.30. The van der Waals surface area contributed by atoms with Gasteiger partial charge in [0.05, 0.1) is 11.3 Å². The summed E-state index contributed by atoms with van der Waals surface area (Å²) in [5.41, 5.74) is 4.29. The van der Waals surface area contributed by atoms with Crippen LogP contribution in [0.25, 0.3) is 0 Å². The number of pyridine rings is 1. The lowest BCUT2D eigenvalue weighted by molar-refractivity contribution is 0.102. The summed E-state index contributed by atoms with van der Waals surface area (Å²) < 4.78 is 13.0. The Bertz CT molecular complexity index is 615. The minimum absolute atomic E-state index is 0.289. The zero-order chi connectivity index (χ0) is 13.8. The molecule has 1 aromatic heterocycles. The van der Waals surface area contributed by atoms with E-state index in [9.17, 15) is 9.18 Å². The first-order chi connectivity index (χ1) is 9.10. The number of hydrazine groups is 1. The molecule has 0 atom stereocenters. The van der Waals surface area contributed by atoms with Crippen molar-refractivity contribution in [3.05, 3.63) is 53.6 Å². The molecule has 0 unspecified atom stereocenters. The number of rotatable bonds is 3. The van der Waals surface area contributed by atoms with Crippen molar-refractivity contribution in [2.45, 2.75) is 6.92 Å². The van der Waals surface area contributed by atoms with Gasteiger partial charge in [-0.3, -0.25) is 15.6 Å². The van der Waals surface area contributed by atoms with Crippen LogP contribution in [-0.4, -0.2) is 10.9 Å². The number of aromatic nitrogens is 1. The molecule has 0 fully saturated rings. The van der Waals surface area contributed by atoms with Crippen LogP contribution in [0.3, 0.4) is 0 Å². The van der Waals surface area contributed by atoms with Crippen LogP contribution in [0.15, 0.2) is 36.5 Å². The molecule has 98 valence electrons. The predicted molar refractivity (Wildman–Crippen MR) is 71.1 cm³/mol. The van der Waals surface area contributed by atoms with Crippen molar-refractivity contribution in [3.8, 4) is 0 Å². The quantitative estimate of drug-likeness (QED) is 0.583. The second-order valence-corrected chi connectivity index (χ2v) is 3.98. The number of benzene rings is 1. The molecule has 1 amide bonds. The Morgan fingerprint density at radius 2 is 2.16 bits per heavy atom. The highest BCUT2D eigenvalue weighted by molar-refractivity contribution is 6.07. The third kappa shape index (κ3) is 3.05. The molecule has 5 nitrogen and oxygen atoms in total. The number of nitrogen functional groups attached to an aromatic ring is 1. The molecule has 6 heteroatoms. The minimum atomic E-state index is -0.419. The monoisotopic (exact) mass is 260 g/mol. The molecule has 1 heterocycles. The maximum atomic E-state index is 13.0. The fourth-order valence-corrected chi connectivity index (χ4v) is 1.62. The lowest BCUT2D eigenvalue weighted by Crippen LogP contribution is -2.18. The van der Waals surface area contributed by atoms with Gasteiger partial charge in [0.15, 0.2) is 0 Å². The van der Waals surface area contributed by atoms with Gasteiger partial charge in [-0.25, -0.2) is 4.39 Å². The molecule has 0 spiro atoms. The molecule has 0 saturated heterocycles. The number of anilines is 2. The molecule has 0 saturated carbocycles. The van der Waals surface area contributed by atoms with Crippen LogP contribution in [0.4, 0.5) is 15.8 Å². The van der Waals surface area contributed by atoms with E-state index in [0.717, 1.165) is 5.69 Å². The van der Waals surface area contributed by atoms with E-state index in [1.807, 2.05) is 0 Å². The first-order valence-corrected chi connectivity index (χ1v) is 5.60. The molecule has 4 N–H and O–H groups in total. The van der Waals surface area contributed by atoms with Gasteiger partial charge in [-0.05, 0) is 31.2 Å². The van der Waals surface area contributed by atoms with Crippen LogP contribution in [0, 0.1) is 12.7 Å². The normalized spacial score (nSPS) is 10.1. The Balaban J connectivity index is 2.25. The smallest absolute Gasteiger partial charge is 0.259 e. The largest absolute Gasteiger partial charge is 0.323 e. The zero-order valence-electron chi connectivity index (χ0n) is 10.3. The third-order valence-electron chi connectivity index (χ3n) is 2.52. The van der Waals surface area contributed by atoms with Gasteiger partial charge in [0.2, 0.25) is 0 Å². The molecule has 2 aromatic rings. The first kappa shape index (κ1) is 13.0. The van der Waals surface area contributed by atoms with Crippen LogP contribution in [-0.2, 0) is 0 Å². The molecule has 0 radical (unpaired) electrons. The summed E-state index contributed by atoms with van der Waals surface area (Å²) in [6.07, 6.45) is 1.42. The minimum Gasteiger partial charge on any atom is -0.323 e. The number of halogens is 1. The highest BCUT2D eigenvalue weighted by atomic mass is 19.1. The number of carbonyl (C=O) groups excluding carboxylic acids is 1. The van der Waals surface area contributed by atoms with Crippen molar-refractivity contribution in [1.29, 1.82) is 0 Å². The Morgan fingerprint density at radius 1 is 1.37 bits per heavy atom. The van der Waals surface area contributed by atoms with Crippen molar-refractivity contribution in [1.82, 2.24) is 4.98 Å². The number of amides is 1. The molecule has 0 aliphatic heterocycles. The van der Waals surface area contributed by atoms with Crippen LogP contribution >= 0.6 is 0 Å². The van der Waals surface area contributed by atoms with E-state index >= 15 is 0 Å². The highest BCUT2D eigenvalue weighted by Gasteiger charge is 2.12. The van der Waals surface area contributed by atoms with Crippen molar-refractivity contribution in [3.63, 3.8) is 0 Å². The zero-order valence-corrected chi connectivity index (χ0v) is 10.3. The molecular formula is C13H13FN4O. The van der Waals surface area contributed by atoms with Gasteiger partial charge in [-0.2, -0.15) is 0 Å². The maximum Gasteiger partial charge on any atom is 0.259 e. The van der Waals surface area contributed by atoms with Gasteiger partial charge >= 0.3 is 0 Å². The fourth-order valence-electron chi connectivity index (χ4n) is 1.62. The first-order valence-electron chi connectivity index (χ1n) is 5.60. The van der Waals surface area contributed by atoms with E-state index in [-0.39, 0.29) is 5.56 Å². The van der Waals surface area contributed by atoms with E-state index in [2.05, 4.69) is 15.7 Å². The fraction of sp³-hybridized carbons (Fsp3) is 0.0769. The van der Waals surface area contributed by atoms with Crippen LogP contribution in [0.1, 0.15) is 16.1 Å². The topological polar surface area (TPSA) is 80.0 Å². The van der Waals surface area contributed by atoms with E-state index in [1.165, 1.54) is 24.4 Å². The lowest BCUT2D eigenvalue weighted by atomic mass is 10.2. The second kappa shape index (κ2) is 5.45. The lowest BCUT2D eigenvalue weighted by Gasteiger charge is -2.10. The van der Waals surface area contributed by atoms with Crippen molar-refractivity contribution < 1.29 is 9.18 Å². The highest BCUT2D eigenvalue weighted by Crippen LogP contribution is 2.17. The standard InChI is InChI=1S/C13H13FN4O/c1-8-5-12(18-15)11(7-16-8)13(19)17-10-4-2-3-9(14)6-10/h2-7H,15H2,1H3,(H,16,18)(H,17,19). The summed E-state index contributed by atoms with van der Waals surface area (Å²) in [4.78, 5) is 16.1. The SMILES string of the molecule is Cc1cc(NN)c(C(=O)Nc2cccc(F)c2)cn1. The van der Waals surface area contributed by atoms with Gasteiger partial charge in [0.25, 0.3) is 5.91 Å². The van der Waals surface area contributed by atoms with Gasteiger partial charge in [0.1, 0.15) is 5.82 Å². The van der Waals surface area contributed by atoms with E-state index < -0.39 is 11.7 Å². The van der Waals surface area contributed by atoms with Gasteiger partial charge in [0, 0.05) is 17.6 Å². The Morgan fingerprint density at radius 3 is 2.84 bits per heavy atom. The Kier molecular flexibility index (Phi) is 3.72. The van der Waals surface area contributed by atoms with Crippen LogP contribution in [0.5, 0.6) is 0 Å². The molecule has 1 aromatic carbocycles. The van der Waals surface area contributed by atoms with Crippen LogP contribution < -0.4 is 16.6 Å². The van der Waals surface area contributed by atoms with Crippen molar-refractivity contribution in [2.75, 3.05) is 10.7 Å². The number of aryl methyl sites for hydroxylation is 1. The number of nitrogens with one attached hydrogen (secondary N) is 2. The maximum absolute atomic E-state index is 13.0. The number of nitrogens with zero attached hydrogens (tertiary/aromatic N) is 1. The average Bonchev–Trinajstić information content (AvgIpc) is 2.38. The Labute approximate surface area is 109 Å². The second-order valence-electron chi connectivity index (χ2n) is 3.98. The number of nitrogens with two attached hydrogens (primary N) is 1. The van der Waals surface area contributed by atoms with Gasteiger partial charge in [-0.15, -0.1) is 0 Å². The van der Waals surface area contributed by atoms with Crippen LogP contribution in [0.2, 0.25) is 0 Å². The summed E-state index contributed by atoms with van der Waals surface area (Å²) in [6.45, 7) is 1.79. The number of hydrogen-bond donors (Lipinski definition) is 3. The third-order valence-corrected chi connectivity index (χ3v) is 2.52. The molecule has 0 bridgehead atoms. The van der Waals surface area contributed by atoms with Gasteiger partial charge < -0.3 is 10.7 Å². The molecule has 0 aliphatic rings. The molecule has 0 aliphatic carbocycles. The summed E-state index contributed by atoms with van der Waals surface area (Å²) in [7, 11) is 0. The molecule has 19 heavy (non-hydrogen) atoms. The predicted octanol–water partition coefficient (Wildman–Crippen LogP) is 2.07. The van der Waals surface area contributed by atoms with Crippen molar-refractivity contribution >= 4 is 17.3 Å². The molecular weight excluding hydrogens is 247 g/mol. The van der Waals surface area contributed by atoms with Crippen molar-refractivity contribution in [2.24, 2.45) is 5.84 Å². The summed E-state index contributed by atoms with van der Waals surface area (Å²) in [5, 5.41) is 2.58. The molecule has 2 rings (SSSR count). The Hall–Kier alpha value is -2.47. The number of carbonyl (C=O) groups is 1. The van der Waals surface area contributed by atoms with E-state index in [0.29, 0.717) is 11.4 Å². The van der Waals surface area contributed by atoms with E-state index in [4.69, 9.17) is 5.84 Å².